The molecule has 27 heavy (non-hydrogen) atoms. The first-order valence-electron chi connectivity index (χ1n) is 9.35. The van der Waals surface area contributed by atoms with Gasteiger partial charge in [0.25, 0.3) is 0 Å². The molecule has 5 nitrogen and oxygen atoms in total. The zero-order valence-corrected chi connectivity index (χ0v) is 19.6. The van der Waals surface area contributed by atoms with Gasteiger partial charge in [-0.2, -0.15) is 0 Å². The van der Waals surface area contributed by atoms with E-state index in [-0.39, 0.29) is 30.1 Å². The Balaban J connectivity index is 0.00000364. The Bertz CT molecular complexity index is 663. The second-order valence-corrected chi connectivity index (χ2v) is 6.93. The summed E-state index contributed by atoms with van der Waals surface area (Å²) in [7, 11) is 0. The number of aryl methyl sites for hydroxylation is 1. The van der Waals surface area contributed by atoms with Gasteiger partial charge in [0.05, 0.1) is 23.4 Å². The average molecular weight is 502 g/mol. The van der Waals surface area contributed by atoms with Gasteiger partial charge in [-0.3, -0.25) is 0 Å². The summed E-state index contributed by atoms with van der Waals surface area (Å²) in [5.74, 6) is 0.828. The lowest BCUT2D eigenvalue weighted by molar-refractivity contribution is 0.0646. The molecule has 1 unspecified atom stereocenters. The standard InChI is InChI=1S/C20H30N4OS.HI/c1-4-19-24-18(15-26-19)14-23-20(21-5-2)22-12-9-13-25-16(3)17-10-7-6-8-11-17;/h6-8,10-11,15-16H,4-5,9,12-14H2,1-3H3,(H2,21,22,23);1H. The first-order valence-corrected chi connectivity index (χ1v) is 10.2. The Kier molecular flexibility index (Phi) is 12.3. The van der Waals surface area contributed by atoms with Gasteiger partial charge in [-0.15, -0.1) is 35.3 Å². The van der Waals surface area contributed by atoms with Crippen molar-refractivity contribution in [2.75, 3.05) is 19.7 Å². The SMILES string of the molecule is CCNC(=NCc1csc(CC)n1)NCCCOC(C)c1ccccc1.I. The second-order valence-electron chi connectivity index (χ2n) is 5.99. The van der Waals surface area contributed by atoms with Gasteiger partial charge in [-0.05, 0) is 32.3 Å². The van der Waals surface area contributed by atoms with Gasteiger partial charge < -0.3 is 15.4 Å². The van der Waals surface area contributed by atoms with E-state index in [0.717, 1.165) is 42.6 Å². The summed E-state index contributed by atoms with van der Waals surface area (Å²) < 4.78 is 5.91. The highest BCUT2D eigenvalue weighted by Gasteiger charge is 2.05. The van der Waals surface area contributed by atoms with Crippen LogP contribution >= 0.6 is 35.3 Å². The Hall–Kier alpha value is -1.19. The summed E-state index contributed by atoms with van der Waals surface area (Å²) in [5, 5.41) is 9.89. The number of nitrogens with one attached hydrogen (secondary N) is 2. The molecule has 1 heterocycles. The Morgan fingerprint density at radius 2 is 2.00 bits per heavy atom. The van der Waals surface area contributed by atoms with Crippen LogP contribution in [0.4, 0.5) is 0 Å². The van der Waals surface area contributed by atoms with Crippen LogP contribution < -0.4 is 10.6 Å². The molecule has 0 amide bonds. The van der Waals surface area contributed by atoms with Gasteiger partial charge >= 0.3 is 0 Å². The molecule has 0 spiro atoms. The first-order chi connectivity index (χ1) is 12.7. The monoisotopic (exact) mass is 502 g/mol. The fourth-order valence-electron chi connectivity index (χ4n) is 2.45. The van der Waals surface area contributed by atoms with Crippen LogP contribution in [0.15, 0.2) is 40.7 Å². The lowest BCUT2D eigenvalue weighted by Crippen LogP contribution is -2.38. The third-order valence-electron chi connectivity index (χ3n) is 3.90. The zero-order valence-electron chi connectivity index (χ0n) is 16.4. The molecule has 1 aromatic heterocycles. The lowest BCUT2D eigenvalue weighted by Gasteiger charge is -2.14. The predicted molar refractivity (Wildman–Crippen MR) is 125 cm³/mol. The number of rotatable bonds is 10. The van der Waals surface area contributed by atoms with Crippen molar-refractivity contribution < 1.29 is 4.74 Å². The van der Waals surface area contributed by atoms with Crippen LogP contribution in [0.2, 0.25) is 0 Å². The first kappa shape index (κ1) is 23.8. The van der Waals surface area contributed by atoms with Crippen LogP contribution in [0.25, 0.3) is 0 Å². The number of benzene rings is 1. The quantitative estimate of drug-likeness (QED) is 0.217. The third kappa shape index (κ3) is 9.03. The minimum atomic E-state index is 0. The molecule has 1 aromatic carbocycles. The summed E-state index contributed by atoms with van der Waals surface area (Å²) in [5.41, 5.74) is 2.24. The van der Waals surface area contributed by atoms with Crippen LogP contribution in [-0.2, 0) is 17.7 Å². The van der Waals surface area contributed by atoms with Crippen molar-refractivity contribution in [2.45, 2.75) is 46.3 Å². The van der Waals surface area contributed by atoms with E-state index in [1.54, 1.807) is 11.3 Å². The van der Waals surface area contributed by atoms with Crippen molar-refractivity contribution in [3.05, 3.63) is 52.0 Å². The van der Waals surface area contributed by atoms with Gasteiger partial charge in [-0.25, -0.2) is 9.98 Å². The molecule has 0 bridgehead atoms. The van der Waals surface area contributed by atoms with Gasteiger partial charge in [0.1, 0.15) is 0 Å². The molecule has 0 radical (unpaired) electrons. The van der Waals surface area contributed by atoms with Gasteiger partial charge in [-0.1, -0.05) is 37.3 Å². The summed E-state index contributed by atoms with van der Waals surface area (Å²) >= 11 is 1.70. The van der Waals surface area contributed by atoms with Crippen molar-refractivity contribution in [1.82, 2.24) is 15.6 Å². The van der Waals surface area contributed by atoms with E-state index >= 15 is 0 Å². The highest BCUT2D eigenvalue weighted by molar-refractivity contribution is 14.0. The number of aliphatic imine (C=N–C) groups is 1. The van der Waals surface area contributed by atoms with Crippen molar-refractivity contribution in [3.8, 4) is 0 Å². The lowest BCUT2D eigenvalue weighted by atomic mass is 10.1. The van der Waals surface area contributed by atoms with Crippen LogP contribution in [0, 0.1) is 0 Å². The van der Waals surface area contributed by atoms with Gasteiger partial charge in [0.15, 0.2) is 5.96 Å². The molecule has 0 aliphatic carbocycles. The molecule has 1 atom stereocenters. The predicted octanol–water partition coefficient (Wildman–Crippen LogP) is 4.55. The van der Waals surface area contributed by atoms with Crippen molar-refractivity contribution in [3.63, 3.8) is 0 Å². The average Bonchev–Trinajstić information content (AvgIpc) is 3.14. The minimum Gasteiger partial charge on any atom is -0.374 e. The van der Waals surface area contributed by atoms with Crippen molar-refractivity contribution in [2.24, 2.45) is 4.99 Å². The normalized spacial score (nSPS) is 12.3. The van der Waals surface area contributed by atoms with Gasteiger partial charge in [0.2, 0.25) is 0 Å². The molecule has 0 fully saturated rings. The molecule has 7 heteroatoms. The number of halogens is 1. The molecular weight excluding hydrogens is 471 g/mol. The van der Waals surface area contributed by atoms with E-state index in [0.29, 0.717) is 13.2 Å². The molecule has 0 saturated heterocycles. The molecule has 2 N–H and O–H groups in total. The third-order valence-corrected chi connectivity index (χ3v) is 4.94. The second kappa shape index (κ2) is 13.9. The van der Waals surface area contributed by atoms with E-state index in [1.807, 2.05) is 18.2 Å². The smallest absolute Gasteiger partial charge is 0.191 e. The summed E-state index contributed by atoms with van der Waals surface area (Å²) in [4.78, 5) is 9.16. The molecule has 2 rings (SSSR count). The number of thiazole rings is 1. The van der Waals surface area contributed by atoms with E-state index in [1.165, 1.54) is 5.56 Å². The van der Waals surface area contributed by atoms with Crippen LogP contribution in [0.5, 0.6) is 0 Å². The Morgan fingerprint density at radius 3 is 2.67 bits per heavy atom. The number of aromatic nitrogens is 1. The molecule has 2 aromatic rings. The van der Waals surface area contributed by atoms with Crippen LogP contribution in [0.3, 0.4) is 0 Å². The number of ether oxygens (including phenoxy) is 1. The molecule has 0 aliphatic rings. The summed E-state index contributed by atoms with van der Waals surface area (Å²) in [6, 6.07) is 10.3. The topological polar surface area (TPSA) is 58.5 Å². The Morgan fingerprint density at radius 1 is 1.22 bits per heavy atom. The van der Waals surface area contributed by atoms with E-state index < -0.39 is 0 Å². The van der Waals surface area contributed by atoms with Crippen molar-refractivity contribution in [1.29, 1.82) is 0 Å². The van der Waals surface area contributed by atoms with Crippen LogP contribution in [-0.4, -0.2) is 30.6 Å². The zero-order chi connectivity index (χ0) is 18.6. The molecular formula is C20H31IN4OS. The molecule has 150 valence electrons. The number of nitrogens with zero attached hydrogens (tertiary/aromatic N) is 2. The van der Waals surface area contributed by atoms with E-state index in [4.69, 9.17) is 4.74 Å². The number of hydrogen-bond donors (Lipinski definition) is 2. The number of guanidine groups is 1. The van der Waals surface area contributed by atoms with E-state index in [2.05, 4.69) is 58.9 Å². The molecule has 0 saturated carbocycles. The summed E-state index contributed by atoms with van der Waals surface area (Å²) in [6.07, 6.45) is 2.03. The summed E-state index contributed by atoms with van der Waals surface area (Å²) in [6.45, 7) is 9.27. The van der Waals surface area contributed by atoms with Gasteiger partial charge in [0, 0.05) is 25.1 Å². The Labute approximate surface area is 184 Å². The highest BCUT2D eigenvalue weighted by Crippen LogP contribution is 2.15. The maximum atomic E-state index is 5.91. The minimum absolute atomic E-state index is 0. The highest BCUT2D eigenvalue weighted by atomic mass is 127. The molecule has 0 aliphatic heterocycles. The fourth-order valence-corrected chi connectivity index (χ4v) is 3.18. The maximum Gasteiger partial charge on any atom is 0.191 e. The van der Waals surface area contributed by atoms with Crippen molar-refractivity contribution >= 4 is 41.3 Å². The largest absolute Gasteiger partial charge is 0.374 e. The van der Waals surface area contributed by atoms with Crippen LogP contribution in [0.1, 0.15) is 49.6 Å². The maximum absolute atomic E-state index is 5.91. The fraction of sp³-hybridized carbons (Fsp3) is 0.500. The number of hydrogen-bond acceptors (Lipinski definition) is 4. The van der Waals surface area contributed by atoms with E-state index in [9.17, 15) is 0 Å².